The number of hydrogen-bond donors (Lipinski definition) is 0. The van der Waals surface area contributed by atoms with Crippen molar-refractivity contribution in [3.05, 3.63) is 0 Å². The van der Waals surface area contributed by atoms with Crippen LogP contribution in [0.2, 0.25) is 0 Å². The fraction of sp³-hybridized carbons (Fsp3) is 1.00. The van der Waals surface area contributed by atoms with E-state index < -0.39 is 18.5 Å². The van der Waals surface area contributed by atoms with Crippen molar-refractivity contribution in [2.75, 3.05) is 0 Å². The van der Waals surface area contributed by atoms with Gasteiger partial charge in [0.25, 0.3) is 0 Å². The van der Waals surface area contributed by atoms with E-state index in [2.05, 4.69) is 6.92 Å². The molecule has 3 saturated carbocycles. The van der Waals surface area contributed by atoms with Crippen molar-refractivity contribution < 1.29 is 25.6 Å². The quantitative estimate of drug-likeness (QED) is 0.635. The summed E-state index contributed by atoms with van der Waals surface area (Å²) in [7, 11) is 0. The molecule has 3 fully saturated rings. The molecule has 6 atom stereocenters. The Morgan fingerprint density at radius 3 is 1.68 bits per heavy atom. The van der Waals surface area contributed by atoms with Gasteiger partial charge in [-0.2, -0.15) is 0 Å². The SMILES string of the molecule is C.CC1CCC(C2CCC(C3CCC(F)C(F)C3)C(F)C2)CC1.O.O.[HH]. The maximum atomic E-state index is 14.7. The number of hydrogen-bond acceptors (Lipinski definition) is 0. The summed E-state index contributed by atoms with van der Waals surface area (Å²) in [6.07, 6.45) is 5.57. The van der Waals surface area contributed by atoms with Crippen LogP contribution in [-0.4, -0.2) is 29.5 Å². The van der Waals surface area contributed by atoms with E-state index >= 15 is 0 Å². The van der Waals surface area contributed by atoms with Crippen molar-refractivity contribution in [3.8, 4) is 0 Å². The van der Waals surface area contributed by atoms with Gasteiger partial charge in [0.05, 0.1) is 0 Å². The molecular weight excluding hydrogens is 329 g/mol. The highest BCUT2D eigenvalue weighted by Gasteiger charge is 2.42. The second-order valence-electron chi connectivity index (χ2n) is 8.38. The third-order valence-corrected chi connectivity index (χ3v) is 6.93. The van der Waals surface area contributed by atoms with Crippen LogP contribution in [0.1, 0.15) is 80.0 Å². The monoisotopic (exact) mass is 370 g/mol. The number of halogens is 3. The minimum Gasteiger partial charge on any atom is -0.412 e. The summed E-state index contributed by atoms with van der Waals surface area (Å²) >= 11 is 0. The van der Waals surface area contributed by atoms with Crippen molar-refractivity contribution in [3.63, 3.8) is 0 Å². The molecule has 0 aromatic rings. The van der Waals surface area contributed by atoms with Gasteiger partial charge in [0.2, 0.25) is 0 Å². The lowest BCUT2D eigenvalue weighted by Crippen LogP contribution is -2.39. The zero-order valence-corrected chi connectivity index (χ0v) is 14.8. The fourth-order valence-electron chi connectivity index (χ4n) is 5.38. The topological polar surface area (TPSA) is 63.0 Å². The van der Waals surface area contributed by atoms with E-state index in [9.17, 15) is 13.2 Å². The molecule has 5 heteroatoms. The van der Waals surface area contributed by atoms with Crippen molar-refractivity contribution in [1.29, 1.82) is 0 Å². The lowest BCUT2D eigenvalue weighted by Gasteiger charge is -2.42. The molecular formula is C20H41F3O2. The first-order valence-electron chi connectivity index (χ1n) is 9.46. The van der Waals surface area contributed by atoms with E-state index in [-0.39, 0.29) is 38.1 Å². The Balaban J connectivity index is 0. The summed E-state index contributed by atoms with van der Waals surface area (Å²) < 4.78 is 41.6. The molecule has 0 aliphatic heterocycles. The molecule has 4 N–H and O–H groups in total. The van der Waals surface area contributed by atoms with Crippen molar-refractivity contribution in [2.24, 2.45) is 29.6 Å². The first-order valence-corrected chi connectivity index (χ1v) is 9.46. The van der Waals surface area contributed by atoms with E-state index in [4.69, 9.17) is 0 Å². The molecule has 3 aliphatic rings. The van der Waals surface area contributed by atoms with Crippen LogP contribution in [0.3, 0.4) is 0 Å². The first kappa shape index (κ1) is 24.7. The molecule has 3 rings (SSSR count). The van der Waals surface area contributed by atoms with Crippen LogP contribution < -0.4 is 0 Å². The van der Waals surface area contributed by atoms with Gasteiger partial charge in [-0.1, -0.05) is 27.2 Å². The smallest absolute Gasteiger partial charge is 0.131 e. The Morgan fingerprint density at radius 2 is 1.12 bits per heavy atom. The second-order valence-corrected chi connectivity index (χ2v) is 8.38. The van der Waals surface area contributed by atoms with E-state index in [0.29, 0.717) is 31.1 Å². The Labute approximate surface area is 153 Å². The molecule has 6 unspecified atom stereocenters. The second kappa shape index (κ2) is 10.8. The molecule has 0 heterocycles. The molecule has 25 heavy (non-hydrogen) atoms. The highest BCUT2D eigenvalue weighted by molar-refractivity contribution is 4.91. The Morgan fingerprint density at radius 1 is 0.600 bits per heavy atom. The standard InChI is InChI=1S/C19H31F3.CH4.2H2O.H2/c1-12-2-4-13(5-3-12)14-6-8-16(18(21)10-14)15-7-9-17(20)19(22)11-15;;;;/h12-19H,2-11H2,1H3;1H4;2*1H2;1H. The van der Waals surface area contributed by atoms with Gasteiger partial charge in [0.15, 0.2) is 0 Å². The van der Waals surface area contributed by atoms with Crippen molar-refractivity contribution >= 4 is 0 Å². The lowest BCUT2D eigenvalue weighted by atomic mass is 9.65. The van der Waals surface area contributed by atoms with Crippen molar-refractivity contribution in [1.82, 2.24) is 0 Å². The third kappa shape index (κ3) is 5.85. The molecule has 0 saturated heterocycles. The van der Waals surface area contributed by atoms with Crippen LogP contribution >= 0.6 is 0 Å². The predicted molar refractivity (Wildman–Crippen MR) is 100 cm³/mol. The van der Waals surface area contributed by atoms with Crippen LogP contribution in [0, 0.1) is 29.6 Å². The molecule has 0 aromatic carbocycles. The van der Waals surface area contributed by atoms with Gasteiger partial charge >= 0.3 is 0 Å². The molecule has 0 bridgehead atoms. The average molecular weight is 371 g/mol. The maximum Gasteiger partial charge on any atom is 0.131 e. The summed E-state index contributed by atoms with van der Waals surface area (Å²) in [5, 5.41) is 0. The van der Waals surface area contributed by atoms with Crippen LogP contribution in [-0.2, 0) is 0 Å². The van der Waals surface area contributed by atoms with Crippen LogP contribution in [0.25, 0.3) is 0 Å². The minimum absolute atomic E-state index is 0. The Kier molecular flexibility index (Phi) is 10.6. The summed E-state index contributed by atoms with van der Waals surface area (Å²) in [6, 6.07) is 0. The number of rotatable bonds is 2. The zero-order chi connectivity index (χ0) is 15.7. The van der Waals surface area contributed by atoms with Crippen LogP contribution in [0.5, 0.6) is 0 Å². The molecule has 0 spiro atoms. The van der Waals surface area contributed by atoms with E-state index in [1.807, 2.05) is 0 Å². The normalized spacial score (nSPS) is 44.6. The van der Waals surface area contributed by atoms with Gasteiger partial charge < -0.3 is 11.0 Å². The highest BCUT2D eigenvalue weighted by Crippen LogP contribution is 2.46. The molecule has 0 aromatic heterocycles. The van der Waals surface area contributed by atoms with E-state index in [1.54, 1.807) is 0 Å². The van der Waals surface area contributed by atoms with E-state index in [0.717, 1.165) is 18.8 Å². The molecule has 2 nitrogen and oxygen atoms in total. The lowest BCUT2D eigenvalue weighted by molar-refractivity contribution is 0.00676. The van der Waals surface area contributed by atoms with Gasteiger partial charge in [-0.15, -0.1) is 0 Å². The summed E-state index contributed by atoms with van der Waals surface area (Å²) in [4.78, 5) is 0. The molecule has 0 amide bonds. The Hall–Kier alpha value is -0.290. The van der Waals surface area contributed by atoms with Gasteiger partial charge in [0, 0.05) is 1.43 Å². The fourth-order valence-corrected chi connectivity index (χ4v) is 5.38. The van der Waals surface area contributed by atoms with Gasteiger partial charge in [-0.25, -0.2) is 13.2 Å². The minimum atomic E-state index is -1.36. The predicted octanol–water partition coefficient (Wildman–Crippen LogP) is 5.28. The van der Waals surface area contributed by atoms with Gasteiger partial charge in [0.1, 0.15) is 18.5 Å². The summed E-state index contributed by atoms with van der Waals surface area (Å²) in [6.45, 7) is 2.32. The maximum absolute atomic E-state index is 14.7. The Bertz CT molecular complexity index is 367. The van der Waals surface area contributed by atoms with Gasteiger partial charge in [-0.3, -0.25) is 0 Å². The van der Waals surface area contributed by atoms with E-state index in [1.165, 1.54) is 25.7 Å². The highest BCUT2D eigenvalue weighted by atomic mass is 19.2. The van der Waals surface area contributed by atoms with Crippen LogP contribution in [0.4, 0.5) is 13.2 Å². The first-order chi connectivity index (χ1) is 10.5. The zero-order valence-electron chi connectivity index (χ0n) is 14.8. The molecule has 3 aliphatic carbocycles. The summed E-state index contributed by atoms with van der Waals surface area (Å²) in [5.41, 5.74) is 0. The van der Waals surface area contributed by atoms with Crippen molar-refractivity contribution in [2.45, 2.75) is 97.1 Å². The number of alkyl halides is 3. The summed E-state index contributed by atoms with van der Waals surface area (Å²) in [5.74, 6) is 2.16. The molecule has 0 radical (unpaired) electrons. The van der Waals surface area contributed by atoms with Crippen LogP contribution in [0.15, 0.2) is 0 Å². The molecule has 154 valence electrons. The largest absolute Gasteiger partial charge is 0.412 e. The van der Waals surface area contributed by atoms with Gasteiger partial charge in [-0.05, 0) is 81.0 Å². The third-order valence-electron chi connectivity index (χ3n) is 6.93. The average Bonchev–Trinajstić information content (AvgIpc) is 2.51.